The second kappa shape index (κ2) is 6.24. The third-order valence-corrected chi connectivity index (χ3v) is 3.82. The van der Waals surface area contributed by atoms with E-state index >= 15 is 0 Å². The Morgan fingerprint density at radius 2 is 2.24 bits per heavy atom. The average Bonchev–Trinajstić information content (AvgIpc) is 2.97. The molecule has 2 N–H and O–H groups in total. The molecule has 21 heavy (non-hydrogen) atoms. The number of anilines is 1. The molecule has 112 valence electrons. The molecular formula is C15H19N3O3. The molecule has 2 aliphatic heterocycles. The summed E-state index contributed by atoms with van der Waals surface area (Å²) in [4.78, 5) is 25.9. The minimum absolute atomic E-state index is 0.00697. The van der Waals surface area contributed by atoms with Crippen LogP contribution in [0.3, 0.4) is 0 Å². The topological polar surface area (TPSA) is 70.7 Å². The van der Waals surface area contributed by atoms with Crippen LogP contribution in [0.25, 0.3) is 0 Å². The van der Waals surface area contributed by atoms with Gasteiger partial charge < -0.3 is 20.3 Å². The third-order valence-electron chi connectivity index (χ3n) is 3.82. The quantitative estimate of drug-likeness (QED) is 0.800. The van der Waals surface area contributed by atoms with Gasteiger partial charge in [-0.2, -0.15) is 0 Å². The van der Waals surface area contributed by atoms with Crippen molar-refractivity contribution in [2.45, 2.75) is 12.5 Å². The van der Waals surface area contributed by atoms with E-state index in [2.05, 4.69) is 10.6 Å². The van der Waals surface area contributed by atoms with Gasteiger partial charge in [0.05, 0.1) is 13.2 Å². The molecule has 1 atom stereocenters. The van der Waals surface area contributed by atoms with Gasteiger partial charge in [0.1, 0.15) is 6.10 Å². The van der Waals surface area contributed by atoms with E-state index in [-0.39, 0.29) is 18.4 Å². The first kappa shape index (κ1) is 14.0. The number of carbonyl (C=O) groups excluding carboxylic acids is 2. The van der Waals surface area contributed by atoms with E-state index in [1.165, 1.54) is 5.56 Å². The number of nitrogens with zero attached hydrogens (tertiary/aromatic N) is 1. The van der Waals surface area contributed by atoms with Crippen molar-refractivity contribution in [1.82, 2.24) is 10.6 Å². The molecule has 1 fully saturated rings. The highest BCUT2D eigenvalue weighted by Crippen LogP contribution is 2.27. The van der Waals surface area contributed by atoms with Crippen molar-refractivity contribution in [3.8, 4) is 0 Å². The van der Waals surface area contributed by atoms with Gasteiger partial charge in [-0.25, -0.2) is 0 Å². The summed E-state index contributed by atoms with van der Waals surface area (Å²) >= 11 is 0. The van der Waals surface area contributed by atoms with E-state index in [1.54, 1.807) is 4.90 Å². The van der Waals surface area contributed by atoms with E-state index in [4.69, 9.17) is 4.74 Å². The molecule has 1 aromatic rings. The van der Waals surface area contributed by atoms with Gasteiger partial charge in [-0.3, -0.25) is 9.59 Å². The SMILES string of the molecule is O=C(NCC(=O)N1CCc2ccccc21)C1CNCCO1. The summed E-state index contributed by atoms with van der Waals surface area (Å²) in [6, 6.07) is 7.87. The largest absolute Gasteiger partial charge is 0.366 e. The summed E-state index contributed by atoms with van der Waals surface area (Å²) < 4.78 is 5.35. The molecule has 1 unspecified atom stereocenters. The average molecular weight is 289 g/mol. The molecule has 2 aliphatic rings. The van der Waals surface area contributed by atoms with Gasteiger partial charge in [0, 0.05) is 25.3 Å². The summed E-state index contributed by atoms with van der Waals surface area (Å²) in [5, 5.41) is 5.76. The Balaban J connectivity index is 1.54. The number of hydrogen-bond donors (Lipinski definition) is 2. The van der Waals surface area contributed by atoms with Gasteiger partial charge in [-0.15, -0.1) is 0 Å². The fourth-order valence-electron chi connectivity index (χ4n) is 2.70. The van der Waals surface area contributed by atoms with Gasteiger partial charge in [0.15, 0.2) is 0 Å². The van der Waals surface area contributed by atoms with Gasteiger partial charge in [-0.1, -0.05) is 18.2 Å². The number of rotatable bonds is 3. The molecule has 0 saturated carbocycles. The molecular weight excluding hydrogens is 270 g/mol. The number of fused-ring (bicyclic) bond motifs is 1. The van der Waals surface area contributed by atoms with Crippen LogP contribution in [-0.2, 0) is 20.7 Å². The van der Waals surface area contributed by atoms with Crippen molar-refractivity contribution in [3.63, 3.8) is 0 Å². The minimum Gasteiger partial charge on any atom is -0.366 e. The molecule has 3 rings (SSSR count). The van der Waals surface area contributed by atoms with Gasteiger partial charge in [0.25, 0.3) is 5.91 Å². The second-order valence-electron chi connectivity index (χ2n) is 5.21. The van der Waals surface area contributed by atoms with Crippen molar-refractivity contribution in [2.24, 2.45) is 0 Å². The zero-order valence-electron chi connectivity index (χ0n) is 11.8. The molecule has 0 aliphatic carbocycles. The number of carbonyl (C=O) groups is 2. The predicted molar refractivity (Wildman–Crippen MR) is 78.1 cm³/mol. The van der Waals surface area contributed by atoms with Crippen molar-refractivity contribution in [3.05, 3.63) is 29.8 Å². The highest BCUT2D eigenvalue weighted by molar-refractivity contribution is 5.98. The van der Waals surface area contributed by atoms with E-state index in [9.17, 15) is 9.59 Å². The van der Waals surface area contributed by atoms with Crippen LogP contribution in [0.2, 0.25) is 0 Å². The van der Waals surface area contributed by atoms with E-state index < -0.39 is 6.10 Å². The smallest absolute Gasteiger partial charge is 0.250 e. The second-order valence-corrected chi connectivity index (χ2v) is 5.21. The molecule has 6 nitrogen and oxygen atoms in total. The fourth-order valence-corrected chi connectivity index (χ4v) is 2.70. The molecule has 6 heteroatoms. The van der Waals surface area contributed by atoms with Crippen molar-refractivity contribution in [2.75, 3.05) is 37.7 Å². The molecule has 1 saturated heterocycles. The monoisotopic (exact) mass is 289 g/mol. The molecule has 2 amide bonds. The maximum Gasteiger partial charge on any atom is 0.250 e. The lowest BCUT2D eigenvalue weighted by Gasteiger charge is -2.23. The number of benzene rings is 1. The van der Waals surface area contributed by atoms with Crippen LogP contribution in [0.5, 0.6) is 0 Å². The van der Waals surface area contributed by atoms with E-state index in [0.29, 0.717) is 19.7 Å². The number of amides is 2. The lowest BCUT2D eigenvalue weighted by atomic mass is 10.2. The van der Waals surface area contributed by atoms with Crippen LogP contribution >= 0.6 is 0 Å². The molecule has 0 spiro atoms. The van der Waals surface area contributed by atoms with Crippen molar-refractivity contribution < 1.29 is 14.3 Å². The molecule has 2 heterocycles. The summed E-state index contributed by atoms with van der Waals surface area (Å²) in [6.07, 6.45) is 0.364. The Morgan fingerprint density at radius 1 is 1.38 bits per heavy atom. The van der Waals surface area contributed by atoms with Crippen molar-refractivity contribution >= 4 is 17.5 Å². The fraction of sp³-hybridized carbons (Fsp3) is 0.467. The normalized spacial score (nSPS) is 21.0. The van der Waals surface area contributed by atoms with Crippen LogP contribution in [0.15, 0.2) is 24.3 Å². The number of ether oxygens (including phenoxy) is 1. The van der Waals surface area contributed by atoms with Crippen LogP contribution in [-0.4, -0.2) is 50.7 Å². The number of nitrogens with one attached hydrogen (secondary N) is 2. The lowest BCUT2D eigenvalue weighted by Crippen LogP contribution is -2.50. The first-order valence-electron chi connectivity index (χ1n) is 7.24. The Morgan fingerprint density at radius 3 is 3.05 bits per heavy atom. The maximum absolute atomic E-state index is 12.3. The molecule has 0 bridgehead atoms. The summed E-state index contributed by atoms with van der Waals surface area (Å²) in [7, 11) is 0. The Kier molecular flexibility index (Phi) is 4.17. The maximum atomic E-state index is 12.3. The number of morpholine rings is 1. The van der Waals surface area contributed by atoms with E-state index in [1.807, 2.05) is 24.3 Å². The Hall–Kier alpha value is -1.92. The highest BCUT2D eigenvalue weighted by Gasteiger charge is 2.26. The molecule has 0 radical (unpaired) electrons. The summed E-state index contributed by atoms with van der Waals surface area (Å²) in [5.41, 5.74) is 2.13. The first-order valence-corrected chi connectivity index (χ1v) is 7.24. The molecule has 1 aromatic carbocycles. The standard InChI is InChI=1S/C15H19N3O3/c19-14(10-17-15(20)13-9-16-6-8-21-13)18-7-5-11-3-1-2-4-12(11)18/h1-4,13,16H,5-10H2,(H,17,20). The number of hydrogen-bond acceptors (Lipinski definition) is 4. The first-order chi connectivity index (χ1) is 10.3. The Bertz CT molecular complexity index is 541. The Labute approximate surface area is 123 Å². The van der Waals surface area contributed by atoms with Gasteiger partial charge >= 0.3 is 0 Å². The lowest BCUT2D eigenvalue weighted by molar-refractivity contribution is -0.135. The van der Waals surface area contributed by atoms with Crippen molar-refractivity contribution in [1.29, 1.82) is 0 Å². The van der Waals surface area contributed by atoms with E-state index in [0.717, 1.165) is 18.7 Å². The van der Waals surface area contributed by atoms with Crippen LogP contribution in [0.1, 0.15) is 5.56 Å². The minimum atomic E-state index is -0.502. The number of para-hydroxylation sites is 1. The zero-order valence-corrected chi connectivity index (χ0v) is 11.8. The zero-order chi connectivity index (χ0) is 14.7. The van der Waals surface area contributed by atoms with Crippen LogP contribution < -0.4 is 15.5 Å². The van der Waals surface area contributed by atoms with Crippen LogP contribution in [0, 0.1) is 0 Å². The predicted octanol–water partition coefficient (Wildman–Crippen LogP) is -0.320. The summed E-state index contributed by atoms with van der Waals surface area (Å²) in [5.74, 6) is -0.319. The summed E-state index contributed by atoms with van der Waals surface area (Å²) in [6.45, 7) is 2.45. The van der Waals surface area contributed by atoms with Gasteiger partial charge in [-0.05, 0) is 18.1 Å². The molecule has 0 aromatic heterocycles. The van der Waals surface area contributed by atoms with Gasteiger partial charge in [0.2, 0.25) is 5.91 Å². The third kappa shape index (κ3) is 3.06. The van der Waals surface area contributed by atoms with Crippen LogP contribution in [0.4, 0.5) is 5.69 Å². The highest BCUT2D eigenvalue weighted by atomic mass is 16.5.